The van der Waals surface area contributed by atoms with Crippen LogP contribution >= 0.6 is 11.8 Å². The molecule has 0 radical (unpaired) electrons. The van der Waals surface area contributed by atoms with Gasteiger partial charge in [0.1, 0.15) is 16.7 Å². The van der Waals surface area contributed by atoms with Gasteiger partial charge in [0, 0.05) is 47.7 Å². The van der Waals surface area contributed by atoms with E-state index >= 15 is 0 Å². The first kappa shape index (κ1) is 22.9. The molecule has 1 aliphatic heterocycles. The Morgan fingerprint density at radius 1 is 1.20 bits per heavy atom. The predicted molar refractivity (Wildman–Crippen MR) is 131 cm³/mol. The molecule has 0 bridgehead atoms. The number of aromatic nitrogens is 5. The zero-order valence-electron chi connectivity index (χ0n) is 19.8. The molecule has 0 unspecified atom stereocenters. The number of carbonyl (C=O) groups excluding carboxylic acids is 1. The van der Waals surface area contributed by atoms with Gasteiger partial charge < -0.3 is 9.64 Å². The second kappa shape index (κ2) is 9.07. The van der Waals surface area contributed by atoms with Crippen LogP contribution in [0.1, 0.15) is 38.8 Å². The molecule has 9 nitrogen and oxygen atoms in total. The molecule has 0 spiro atoms. The van der Waals surface area contributed by atoms with Crippen LogP contribution < -0.4 is 0 Å². The minimum Gasteiger partial charge on any atom is -0.444 e. The molecule has 10 heteroatoms. The van der Waals surface area contributed by atoms with Crippen molar-refractivity contribution in [1.82, 2.24) is 29.3 Å². The molecule has 0 saturated carbocycles. The van der Waals surface area contributed by atoms with E-state index in [0.717, 1.165) is 33.0 Å². The van der Waals surface area contributed by atoms with Gasteiger partial charge in [0.25, 0.3) is 0 Å². The lowest BCUT2D eigenvalue weighted by molar-refractivity contribution is 0.0288. The Balaban J connectivity index is 1.42. The van der Waals surface area contributed by atoms with Crippen LogP contribution in [0.5, 0.6) is 0 Å². The molecular formula is C25H25N7O2S. The number of ether oxygens (including phenoxy) is 1. The van der Waals surface area contributed by atoms with Crippen molar-refractivity contribution in [3.05, 3.63) is 60.8 Å². The van der Waals surface area contributed by atoms with Gasteiger partial charge >= 0.3 is 6.09 Å². The van der Waals surface area contributed by atoms with Crippen molar-refractivity contribution in [2.24, 2.45) is 0 Å². The Morgan fingerprint density at radius 2 is 2.06 bits per heavy atom. The van der Waals surface area contributed by atoms with E-state index in [0.29, 0.717) is 18.7 Å². The molecule has 4 aromatic rings. The monoisotopic (exact) mass is 487 g/mol. The lowest BCUT2D eigenvalue weighted by Gasteiger charge is -2.24. The number of nitriles is 1. The van der Waals surface area contributed by atoms with E-state index in [1.165, 1.54) is 11.8 Å². The minimum atomic E-state index is -0.518. The zero-order valence-corrected chi connectivity index (χ0v) is 20.6. The van der Waals surface area contributed by atoms with E-state index in [-0.39, 0.29) is 12.1 Å². The maximum Gasteiger partial charge on any atom is 0.410 e. The molecular weight excluding hydrogens is 462 g/mol. The van der Waals surface area contributed by atoms with Crippen molar-refractivity contribution < 1.29 is 9.53 Å². The standard InChI is InChI=1S/C25H25N7O2S/c1-25(2,3)34-24(33)30-9-7-20(16-30)31-15-19(13-28-31)17-10-21(35-22-6-4-5-8-27-22)23-18(11-26)12-29-32(23)14-17/h4-6,8,10,12-15,20H,7,9,16H2,1-3H3/t20-/m0/s1. The van der Waals surface area contributed by atoms with E-state index in [2.05, 4.69) is 21.3 Å². The fourth-order valence-electron chi connectivity index (χ4n) is 4.06. The van der Waals surface area contributed by atoms with E-state index in [1.807, 2.05) is 68.3 Å². The molecule has 0 N–H and O–H groups in total. The first-order chi connectivity index (χ1) is 16.8. The van der Waals surface area contributed by atoms with Crippen LogP contribution in [0.4, 0.5) is 4.79 Å². The SMILES string of the molecule is CC(C)(C)OC(=O)N1CC[C@H](n2cc(-c3cc(Sc4ccccn4)c4c(C#N)cnn4c3)cn2)C1. The molecule has 0 aliphatic carbocycles. The topological polar surface area (TPSA) is 101 Å². The highest BCUT2D eigenvalue weighted by Crippen LogP contribution is 2.35. The summed E-state index contributed by atoms with van der Waals surface area (Å²) in [6.07, 6.45) is 9.56. The predicted octanol–water partition coefficient (Wildman–Crippen LogP) is 4.80. The number of hydrogen-bond acceptors (Lipinski definition) is 7. The van der Waals surface area contributed by atoms with Crippen LogP contribution in [-0.2, 0) is 4.74 Å². The first-order valence-corrected chi connectivity index (χ1v) is 12.2. The van der Waals surface area contributed by atoms with Gasteiger partial charge in [0.05, 0.1) is 29.5 Å². The number of carbonyl (C=O) groups is 1. The Hall–Kier alpha value is -3.84. The molecule has 1 fully saturated rings. The molecule has 1 atom stereocenters. The average Bonchev–Trinajstić information content (AvgIpc) is 3.57. The second-order valence-corrected chi connectivity index (χ2v) is 10.5. The number of likely N-dealkylation sites (tertiary alicyclic amines) is 1. The number of amides is 1. The molecule has 1 amide bonds. The third-order valence-corrected chi connectivity index (χ3v) is 6.66. The van der Waals surface area contributed by atoms with Crippen molar-refractivity contribution in [3.63, 3.8) is 0 Å². The number of pyridine rings is 2. The van der Waals surface area contributed by atoms with Crippen molar-refractivity contribution in [1.29, 1.82) is 5.26 Å². The van der Waals surface area contributed by atoms with Crippen molar-refractivity contribution in [3.8, 4) is 17.2 Å². The highest BCUT2D eigenvalue weighted by Gasteiger charge is 2.31. The maximum atomic E-state index is 12.4. The van der Waals surface area contributed by atoms with Crippen LogP contribution in [0.15, 0.2) is 65.2 Å². The third kappa shape index (κ3) is 4.86. The van der Waals surface area contributed by atoms with Gasteiger partial charge in [-0.25, -0.2) is 14.3 Å². The summed E-state index contributed by atoms with van der Waals surface area (Å²) in [6, 6.07) is 10.1. The maximum absolute atomic E-state index is 12.4. The van der Waals surface area contributed by atoms with Crippen LogP contribution in [0, 0.1) is 11.3 Å². The number of rotatable bonds is 4. The minimum absolute atomic E-state index is 0.0808. The van der Waals surface area contributed by atoms with Gasteiger partial charge in [0.2, 0.25) is 0 Å². The normalized spacial score (nSPS) is 15.9. The van der Waals surface area contributed by atoms with Crippen LogP contribution in [0.2, 0.25) is 0 Å². The van der Waals surface area contributed by atoms with E-state index < -0.39 is 5.60 Å². The Morgan fingerprint density at radius 3 is 2.80 bits per heavy atom. The van der Waals surface area contributed by atoms with Gasteiger partial charge in [0.15, 0.2) is 0 Å². The van der Waals surface area contributed by atoms with Gasteiger partial charge in [-0.3, -0.25) is 4.68 Å². The largest absolute Gasteiger partial charge is 0.444 e. The van der Waals surface area contributed by atoms with Gasteiger partial charge in [-0.2, -0.15) is 15.5 Å². The van der Waals surface area contributed by atoms with E-state index in [1.54, 1.807) is 21.8 Å². The molecule has 1 saturated heterocycles. The molecule has 4 aromatic heterocycles. The number of nitrogens with zero attached hydrogens (tertiary/aromatic N) is 7. The molecule has 0 aromatic carbocycles. The van der Waals surface area contributed by atoms with Gasteiger partial charge in [-0.15, -0.1) is 0 Å². The Kier molecular flexibility index (Phi) is 5.94. The van der Waals surface area contributed by atoms with E-state index in [9.17, 15) is 10.1 Å². The summed E-state index contributed by atoms with van der Waals surface area (Å²) in [7, 11) is 0. The number of fused-ring (bicyclic) bond motifs is 1. The first-order valence-electron chi connectivity index (χ1n) is 11.3. The summed E-state index contributed by atoms with van der Waals surface area (Å²) in [4.78, 5) is 19.5. The lowest BCUT2D eigenvalue weighted by Crippen LogP contribution is -2.35. The summed E-state index contributed by atoms with van der Waals surface area (Å²) in [5.74, 6) is 0. The average molecular weight is 488 g/mol. The van der Waals surface area contributed by atoms with Gasteiger partial charge in [-0.1, -0.05) is 17.8 Å². The zero-order chi connectivity index (χ0) is 24.6. The van der Waals surface area contributed by atoms with Crippen LogP contribution in [0.3, 0.4) is 0 Å². The summed E-state index contributed by atoms with van der Waals surface area (Å²) < 4.78 is 9.16. The van der Waals surface area contributed by atoms with Crippen molar-refractivity contribution >= 4 is 23.4 Å². The highest BCUT2D eigenvalue weighted by atomic mass is 32.2. The number of hydrogen-bond donors (Lipinski definition) is 0. The quantitative estimate of drug-likeness (QED) is 0.408. The second-order valence-electron chi connectivity index (χ2n) is 9.40. The fraction of sp³-hybridized carbons (Fsp3) is 0.320. The van der Waals surface area contributed by atoms with Crippen LogP contribution in [0.25, 0.3) is 16.6 Å². The fourth-order valence-corrected chi connectivity index (χ4v) is 5.03. The smallest absolute Gasteiger partial charge is 0.410 e. The van der Waals surface area contributed by atoms with Gasteiger partial charge in [-0.05, 0) is 45.4 Å². The van der Waals surface area contributed by atoms with E-state index in [4.69, 9.17) is 4.74 Å². The lowest BCUT2D eigenvalue weighted by atomic mass is 10.1. The summed E-state index contributed by atoms with van der Waals surface area (Å²) in [6.45, 7) is 6.80. The molecule has 178 valence electrons. The molecule has 1 aliphatic rings. The summed E-state index contributed by atoms with van der Waals surface area (Å²) in [5, 5.41) is 19.4. The van der Waals surface area contributed by atoms with Crippen LogP contribution in [-0.4, -0.2) is 54.1 Å². The molecule has 35 heavy (non-hydrogen) atoms. The highest BCUT2D eigenvalue weighted by molar-refractivity contribution is 7.99. The molecule has 5 rings (SSSR count). The Bertz CT molecular complexity index is 1420. The van der Waals surface area contributed by atoms with Crippen molar-refractivity contribution in [2.75, 3.05) is 13.1 Å². The molecule has 5 heterocycles. The summed E-state index contributed by atoms with van der Waals surface area (Å²) >= 11 is 1.49. The Labute approximate surface area is 207 Å². The third-order valence-electron chi connectivity index (χ3n) is 5.67. The summed E-state index contributed by atoms with van der Waals surface area (Å²) in [5.41, 5.74) is 2.61. The van der Waals surface area contributed by atoms with Crippen molar-refractivity contribution in [2.45, 2.75) is 48.8 Å².